The Bertz CT molecular complexity index is 897. The van der Waals surface area contributed by atoms with E-state index in [1.54, 1.807) is 0 Å². The van der Waals surface area contributed by atoms with Crippen molar-refractivity contribution in [3.05, 3.63) is 46.6 Å². The SMILES string of the molecule is O=C(CCc1nnc(C2(c3ccc(Cl)cc3)CCC2)o1)NCC1CC12CCCCC2. The molecule has 1 spiro atoms. The molecule has 3 aliphatic rings. The monoisotopic (exact) mass is 427 g/mol. The lowest BCUT2D eigenvalue weighted by Gasteiger charge is -2.39. The van der Waals surface area contributed by atoms with Gasteiger partial charge >= 0.3 is 0 Å². The van der Waals surface area contributed by atoms with Gasteiger partial charge in [0.15, 0.2) is 0 Å². The van der Waals surface area contributed by atoms with Gasteiger partial charge in [0, 0.05) is 24.4 Å². The van der Waals surface area contributed by atoms with Crippen molar-refractivity contribution in [2.45, 2.75) is 76.0 Å². The van der Waals surface area contributed by atoms with Crippen molar-refractivity contribution < 1.29 is 9.21 Å². The van der Waals surface area contributed by atoms with Crippen LogP contribution < -0.4 is 5.32 Å². The summed E-state index contributed by atoms with van der Waals surface area (Å²) in [6, 6.07) is 7.93. The number of aromatic nitrogens is 2. The molecule has 5 rings (SSSR count). The van der Waals surface area contributed by atoms with Crippen LogP contribution in [-0.4, -0.2) is 22.6 Å². The average molecular weight is 428 g/mol. The van der Waals surface area contributed by atoms with Crippen LogP contribution in [0.1, 0.15) is 81.6 Å². The molecule has 0 radical (unpaired) electrons. The molecule has 6 heteroatoms. The Morgan fingerprint density at radius 3 is 2.53 bits per heavy atom. The molecule has 0 saturated heterocycles. The van der Waals surface area contributed by atoms with Crippen molar-refractivity contribution in [1.82, 2.24) is 15.5 Å². The van der Waals surface area contributed by atoms with Gasteiger partial charge in [0.1, 0.15) is 0 Å². The van der Waals surface area contributed by atoms with Gasteiger partial charge in [-0.25, -0.2) is 0 Å². The summed E-state index contributed by atoms with van der Waals surface area (Å²) in [5.41, 5.74) is 1.54. The molecular weight excluding hydrogens is 398 g/mol. The van der Waals surface area contributed by atoms with E-state index in [0.717, 1.165) is 30.8 Å². The standard InChI is InChI=1S/C24H30ClN3O2/c25-19-7-5-17(6-8-19)24(13-4-14-24)22-28-27-21(30-22)10-9-20(29)26-16-18-15-23(18)11-2-1-3-12-23/h5-8,18H,1-4,9-16H2,(H,26,29). The normalized spacial score (nSPS) is 23.7. The van der Waals surface area contributed by atoms with Gasteiger partial charge in [-0.05, 0) is 61.1 Å². The quantitative estimate of drug-likeness (QED) is 0.658. The summed E-state index contributed by atoms with van der Waals surface area (Å²) in [7, 11) is 0. The summed E-state index contributed by atoms with van der Waals surface area (Å²) in [5.74, 6) is 2.00. The number of hydrogen-bond donors (Lipinski definition) is 1. The molecule has 3 aliphatic carbocycles. The van der Waals surface area contributed by atoms with E-state index in [9.17, 15) is 4.79 Å². The van der Waals surface area contributed by atoms with Gasteiger partial charge in [0.2, 0.25) is 17.7 Å². The number of benzene rings is 1. The first-order chi connectivity index (χ1) is 14.6. The van der Waals surface area contributed by atoms with Crippen LogP contribution in [0.25, 0.3) is 0 Å². The Labute approximate surface area is 183 Å². The molecule has 5 nitrogen and oxygen atoms in total. The van der Waals surface area contributed by atoms with Crippen LogP contribution in [0.4, 0.5) is 0 Å². The Morgan fingerprint density at radius 2 is 1.83 bits per heavy atom. The van der Waals surface area contributed by atoms with Crippen molar-refractivity contribution in [3.63, 3.8) is 0 Å². The van der Waals surface area contributed by atoms with Crippen LogP contribution in [-0.2, 0) is 16.6 Å². The Balaban J connectivity index is 1.14. The molecule has 0 bridgehead atoms. The summed E-state index contributed by atoms with van der Waals surface area (Å²) in [6.07, 6.45) is 12.1. The Hall–Kier alpha value is -1.88. The van der Waals surface area contributed by atoms with E-state index in [1.165, 1.54) is 44.1 Å². The first-order valence-electron chi connectivity index (χ1n) is 11.5. The van der Waals surface area contributed by atoms with Crippen molar-refractivity contribution in [3.8, 4) is 0 Å². The molecule has 1 amide bonds. The number of halogens is 1. The van der Waals surface area contributed by atoms with Crippen LogP contribution in [0.3, 0.4) is 0 Å². The molecule has 1 aromatic carbocycles. The summed E-state index contributed by atoms with van der Waals surface area (Å²) in [6.45, 7) is 0.827. The Morgan fingerprint density at radius 1 is 1.07 bits per heavy atom. The zero-order valence-corrected chi connectivity index (χ0v) is 18.2. The molecule has 3 fully saturated rings. The number of amides is 1. The van der Waals surface area contributed by atoms with E-state index in [1.807, 2.05) is 12.1 Å². The average Bonchev–Trinajstić information content (AvgIpc) is 3.16. The second-order valence-corrected chi connectivity index (χ2v) is 10.0. The third-order valence-corrected chi connectivity index (χ3v) is 8.05. The fourth-order valence-electron chi connectivity index (χ4n) is 5.61. The third kappa shape index (κ3) is 3.77. The number of aryl methyl sites for hydroxylation is 1. The van der Waals surface area contributed by atoms with E-state index in [4.69, 9.17) is 16.0 Å². The number of rotatable bonds is 7. The van der Waals surface area contributed by atoms with Crippen LogP contribution in [0, 0.1) is 11.3 Å². The van der Waals surface area contributed by atoms with Gasteiger partial charge in [-0.15, -0.1) is 10.2 Å². The maximum Gasteiger partial charge on any atom is 0.227 e. The van der Waals surface area contributed by atoms with Gasteiger partial charge in [-0.2, -0.15) is 0 Å². The lowest BCUT2D eigenvalue weighted by atomic mass is 9.64. The van der Waals surface area contributed by atoms with Crippen LogP contribution >= 0.6 is 11.6 Å². The molecular formula is C24H30ClN3O2. The van der Waals surface area contributed by atoms with E-state index < -0.39 is 0 Å². The highest BCUT2D eigenvalue weighted by Crippen LogP contribution is 2.61. The van der Waals surface area contributed by atoms with Crippen molar-refractivity contribution in [2.75, 3.05) is 6.54 Å². The zero-order chi connectivity index (χ0) is 20.6. The minimum absolute atomic E-state index is 0.0867. The maximum atomic E-state index is 12.3. The van der Waals surface area contributed by atoms with Gasteiger partial charge in [0.05, 0.1) is 5.41 Å². The smallest absolute Gasteiger partial charge is 0.227 e. The van der Waals surface area contributed by atoms with Crippen molar-refractivity contribution in [1.29, 1.82) is 0 Å². The molecule has 1 atom stereocenters. The van der Waals surface area contributed by atoms with Gasteiger partial charge in [-0.1, -0.05) is 49.4 Å². The predicted octanol–water partition coefficient (Wildman–Crippen LogP) is 5.21. The summed E-state index contributed by atoms with van der Waals surface area (Å²) < 4.78 is 6.02. The lowest BCUT2D eigenvalue weighted by molar-refractivity contribution is -0.121. The molecule has 0 aliphatic heterocycles. The first kappa shape index (κ1) is 20.0. The van der Waals surface area contributed by atoms with Crippen LogP contribution in [0.5, 0.6) is 0 Å². The molecule has 1 aromatic heterocycles. The Kier molecular flexibility index (Phi) is 5.34. The van der Waals surface area contributed by atoms with E-state index in [2.05, 4.69) is 27.6 Å². The zero-order valence-electron chi connectivity index (χ0n) is 17.5. The summed E-state index contributed by atoms with van der Waals surface area (Å²) in [5, 5.41) is 12.4. The second kappa shape index (κ2) is 7.99. The number of nitrogens with zero attached hydrogens (tertiary/aromatic N) is 2. The highest BCUT2D eigenvalue weighted by atomic mass is 35.5. The van der Waals surface area contributed by atoms with Crippen LogP contribution in [0.2, 0.25) is 5.02 Å². The van der Waals surface area contributed by atoms with E-state index in [-0.39, 0.29) is 11.3 Å². The number of carbonyl (C=O) groups is 1. The second-order valence-electron chi connectivity index (χ2n) is 9.57. The topological polar surface area (TPSA) is 68.0 Å². The molecule has 30 heavy (non-hydrogen) atoms. The first-order valence-corrected chi connectivity index (χ1v) is 11.8. The molecule has 160 valence electrons. The minimum Gasteiger partial charge on any atom is -0.424 e. The van der Waals surface area contributed by atoms with Crippen molar-refractivity contribution >= 4 is 17.5 Å². The molecule has 1 heterocycles. The van der Waals surface area contributed by atoms with E-state index >= 15 is 0 Å². The largest absolute Gasteiger partial charge is 0.424 e. The summed E-state index contributed by atoms with van der Waals surface area (Å²) >= 11 is 6.05. The van der Waals surface area contributed by atoms with Gasteiger partial charge in [0.25, 0.3) is 0 Å². The fourth-order valence-corrected chi connectivity index (χ4v) is 5.73. The van der Waals surface area contributed by atoms with E-state index in [0.29, 0.717) is 36.0 Å². The van der Waals surface area contributed by atoms with Gasteiger partial charge in [-0.3, -0.25) is 4.79 Å². The number of carbonyl (C=O) groups excluding carboxylic acids is 1. The number of nitrogens with one attached hydrogen (secondary N) is 1. The van der Waals surface area contributed by atoms with Crippen LogP contribution in [0.15, 0.2) is 28.7 Å². The highest BCUT2D eigenvalue weighted by Gasteiger charge is 2.53. The molecule has 1 N–H and O–H groups in total. The molecule has 2 aromatic rings. The lowest BCUT2D eigenvalue weighted by Crippen LogP contribution is -2.35. The molecule has 1 unspecified atom stereocenters. The molecule has 3 saturated carbocycles. The summed E-state index contributed by atoms with van der Waals surface area (Å²) in [4.78, 5) is 12.3. The highest BCUT2D eigenvalue weighted by molar-refractivity contribution is 6.30. The predicted molar refractivity (Wildman–Crippen MR) is 115 cm³/mol. The fraction of sp³-hybridized carbons (Fsp3) is 0.625. The maximum absolute atomic E-state index is 12.3. The number of hydrogen-bond acceptors (Lipinski definition) is 4. The third-order valence-electron chi connectivity index (χ3n) is 7.80. The minimum atomic E-state index is -0.196. The van der Waals surface area contributed by atoms with Gasteiger partial charge < -0.3 is 9.73 Å². The van der Waals surface area contributed by atoms with Crippen molar-refractivity contribution in [2.24, 2.45) is 11.3 Å².